The van der Waals surface area contributed by atoms with Crippen molar-refractivity contribution >= 4 is 28.6 Å². The fraction of sp³-hybridized carbons (Fsp3) is 0.158. The first-order valence-corrected chi connectivity index (χ1v) is 8.08. The van der Waals surface area contributed by atoms with Crippen LogP contribution in [0.1, 0.15) is 5.56 Å². The van der Waals surface area contributed by atoms with Crippen molar-refractivity contribution in [2.75, 3.05) is 13.7 Å². The Kier molecular flexibility index (Phi) is 5.69. The van der Waals surface area contributed by atoms with E-state index in [0.717, 1.165) is 22.1 Å². The van der Waals surface area contributed by atoms with Gasteiger partial charge in [0.15, 0.2) is 0 Å². The Labute approximate surface area is 150 Å². The fourth-order valence-corrected chi connectivity index (χ4v) is 2.56. The molecule has 1 aromatic heterocycles. The van der Waals surface area contributed by atoms with Gasteiger partial charge < -0.3 is 14.3 Å². The maximum Gasteiger partial charge on any atom is 0.213 e. The van der Waals surface area contributed by atoms with Gasteiger partial charge in [-0.3, -0.25) is 0 Å². The van der Waals surface area contributed by atoms with Gasteiger partial charge in [0.05, 0.1) is 6.21 Å². The van der Waals surface area contributed by atoms with E-state index in [-0.39, 0.29) is 0 Å². The molecule has 0 aliphatic carbocycles. The number of hydrogen-bond donors (Lipinski definition) is 0. The van der Waals surface area contributed by atoms with E-state index in [2.05, 4.69) is 15.0 Å². The maximum absolute atomic E-state index is 6.23. The van der Waals surface area contributed by atoms with Crippen molar-refractivity contribution < 1.29 is 14.3 Å². The molecule has 0 atom stereocenters. The highest BCUT2D eigenvalue weighted by atomic mass is 35.5. The van der Waals surface area contributed by atoms with Crippen LogP contribution in [0.5, 0.6) is 11.6 Å². The number of pyridine rings is 1. The fourth-order valence-electron chi connectivity index (χ4n) is 2.33. The zero-order chi connectivity index (χ0) is 17.5. The van der Waals surface area contributed by atoms with Crippen molar-refractivity contribution in [3.63, 3.8) is 0 Å². The highest BCUT2D eigenvalue weighted by Crippen LogP contribution is 2.31. The SMILES string of the molecule is CO/N=C/COc1ccc(COc2ccc(Cl)c3ccccc23)cn1. The van der Waals surface area contributed by atoms with E-state index < -0.39 is 0 Å². The summed E-state index contributed by atoms with van der Waals surface area (Å²) in [5.41, 5.74) is 0.942. The quantitative estimate of drug-likeness (QED) is 0.462. The summed E-state index contributed by atoms with van der Waals surface area (Å²) in [5.74, 6) is 1.30. The van der Waals surface area contributed by atoms with E-state index >= 15 is 0 Å². The number of benzene rings is 2. The first-order chi connectivity index (χ1) is 12.3. The second-order valence-electron chi connectivity index (χ2n) is 5.17. The largest absolute Gasteiger partial charge is 0.488 e. The van der Waals surface area contributed by atoms with Crippen molar-refractivity contribution in [2.45, 2.75) is 6.61 Å². The summed E-state index contributed by atoms with van der Waals surface area (Å²) >= 11 is 6.23. The van der Waals surface area contributed by atoms with E-state index in [1.54, 1.807) is 12.3 Å². The highest BCUT2D eigenvalue weighted by molar-refractivity contribution is 6.35. The average Bonchev–Trinajstić information content (AvgIpc) is 2.66. The first-order valence-electron chi connectivity index (χ1n) is 7.70. The summed E-state index contributed by atoms with van der Waals surface area (Å²) in [4.78, 5) is 8.79. The monoisotopic (exact) mass is 356 g/mol. The number of halogens is 1. The Bertz CT molecular complexity index is 866. The molecule has 25 heavy (non-hydrogen) atoms. The topological polar surface area (TPSA) is 52.9 Å². The predicted molar refractivity (Wildman–Crippen MR) is 98.5 cm³/mol. The Balaban J connectivity index is 1.64. The average molecular weight is 357 g/mol. The van der Waals surface area contributed by atoms with Gasteiger partial charge in [-0.1, -0.05) is 41.0 Å². The molecule has 128 valence electrons. The summed E-state index contributed by atoms with van der Waals surface area (Å²) in [7, 11) is 1.48. The number of hydrogen-bond acceptors (Lipinski definition) is 5. The second kappa shape index (κ2) is 8.35. The molecule has 0 fully saturated rings. The third-order valence-electron chi connectivity index (χ3n) is 3.51. The van der Waals surface area contributed by atoms with Gasteiger partial charge in [0, 0.05) is 33.6 Å². The van der Waals surface area contributed by atoms with Gasteiger partial charge in [0.2, 0.25) is 5.88 Å². The van der Waals surface area contributed by atoms with Gasteiger partial charge in [-0.25, -0.2) is 4.98 Å². The van der Waals surface area contributed by atoms with Crippen LogP contribution in [0.25, 0.3) is 10.8 Å². The van der Waals surface area contributed by atoms with Crippen molar-refractivity contribution in [2.24, 2.45) is 5.16 Å². The smallest absolute Gasteiger partial charge is 0.213 e. The van der Waals surface area contributed by atoms with Crippen molar-refractivity contribution in [1.29, 1.82) is 0 Å². The first kappa shape index (κ1) is 17.0. The molecule has 0 unspecified atom stereocenters. The summed E-state index contributed by atoms with van der Waals surface area (Å²) < 4.78 is 11.3. The van der Waals surface area contributed by atoms with Crippen LogP contribution in [0.2, 0.25) is 5.02 Å². The van der Waals surface area contributed by atoms with Crippen molar-refractivity contribution in [1.82, 2.24) is 4.98 Å². The van der Waals surface area contributed by atoms with Gasteiger partial charge in [0.1, 0.15) is 26.1 Å². The molecule has 0 aliphatic heterocycles. The van der Waals surface area contributed by atoms with Crippen LogP contribution in [0, 0.1) is 0 Å². The minimum Gasteiger partial charge on any atom is -0.488 e. The molecule has 3 aromatic rings. The van der Waals surface area contributed by atoms with E-state index in [9.17, 15) is 0 Å². The van der Waals surface area contributed by atoms with Crippen LogP contribution in [0.3, 0.4) is 0 Å². The van der Waals surface area contributed by atoms with E-state index in [1.165, 1.54) is 13.3 Å². The van der Waals surface area contributed by atoms with Crippen molar-refractivity contribution in [3.8, 4) is 11.6 Å². The number of aromatic nitrogens is 1. The number of fused-ring (bicyclic) bond motifs is 1. The Hall–Kier alpha value is -2.79. The lowest BCUT2D eigenvalue weighted by atomic mass is 10.1. The van der Waals surface area contributed by atoms with Crippen LogP contribution in [0.15, 0.2) is 59.9 Å². The molecule has 0 saturated carbocycles. The molecule has 3 rings (SSSR count). The number of nitrogens with zero attached hydrogens (tertiary/aromatic N) is 2. The number of rotatable bonds is 7. The summed E-state index contributed by atoms with van der Waals surface area (Å²) in [6.07, 6.45) is 3.24. The molecular formula is C19H17ClN2O3. The Morgan fingerprint density at radius 2 is 1.88 bits per heavy atom. The van der Waals surface area contributed by atoms with Gasteiger partial charge in [-0.15, -0.1) is 0 Å². The second-order valence-corrected chi connectivity index (χ2v) is 5.57. The maximum atomic E-state index is 6.23. The standard InChI is InChI=1S/C19H17ClN2O3/c1-23-22-10-11-24-19-9-6-14(12-21-19)13-25-18-8-7-17(20)15-4-2-3-5-16(15)18/h2-10,12H,11,13H2,1H3/b22-10+. The van der Waals surface area contributed by atoms with E-state index in [0.29, 0.717) is 24.1 Å². The summed E-state index contributed by atoms with van der Waals surface area (Å²) in [6, 6.07) is 15.3. The Morgan fingerprint density at radius 3 is 2.64 bits per heavy atom. The lowest BCUT2D eigenvalue weighted by Gasteiger charge is -2.10. The van der Waals surface area contributed by atoms with E-state index in [4.69, 9.17) is 21.1 Å². The minimum atomic E-state index is 0.299. The minimum absolute atomic E-state index is 0.299. The molecule has 0 amide bonds. The molecule has 1 heterocycles. The van der Waals surface area contributed by atoms with E-state index in [1.807, 2.05) is 42.5 Å². The normalized spacial score (nSPS) is 11.0. The molecule has 0 saturated heterocycles. The third-order valence-corrected chi connectivity index (χ3v) is 3.84. The van der Waals surface area contributed by atoms with Gasteiger partial charge in [0.25, 0.3) is 0 Å². The molecule has 0 bridgehead atoms. The van der Waals surface area contributed by atoms with Crippen LogP contribution >= 0.6 is 11.6 Å². The van der Waals surface area contributed by atoms with Gasteiger partial charge >= 0.3 is 0 Å². The molecular weight excluding hydrogens is 340 g/mol. The van der Waals surface area contributed by atoms with Crippen LogP contribution in [-0.2, 0) is 11.4 Å². The third kappa shape index (κ3) is 4.39. The predicted octanol–water partition coefficient (Wildman–Crippen LogP) is 4.48. The molecule has 0 aliphatic rings. The van der Waals surface area contributed by atoms with Gasteiger partial charge in [-0.2, -0.15) is 0 Å². The lowest BCUT2D eigenvalue weighted by Crippen LogP contribution is -2.01. The highest BCUT2D eigenvalue weighted by Gasteiger charge is 2.06. The van der Waals surface area contributed by atoms with Crippen LogP contribution < -0.4 is 9.47 Å². The number of ether oxygens (including phenoxy) is 2. The molecule has 5 nitrogen and oxygen atoms in total. The number of oxime groups is 1. The van der Waals surface area contributed by atoms with Crippen molar-refractivity contribution in [3.05, 3.63) is 65.3 Å². The molecule has 0 N–H and O–H groups in total. The molecule has 6 heteroatoms. The lowest BCUT2D eigenvalue weighted by molar-refractivity contribution is 0.212. The Morgan fingerprint density at radius 1 is 1.04 bits per heavy atom. The van der Waals surface area contributed by atoms with Crippen LogP contribution in [-0.4, -0.2) is 24.9 Å². The summed E-state index contributed by atoms with van der Waals surface area (Å²) in [6.45, 7) is 0.706. The molecule has 0 radical (unpaired) electrons. The zero-order valence-corrected chi connectivity index (χ0v) is 14.4. The summed E-state index contributed by atoms with van der Waals surface area (Å²) in [5, 5.41) is 6.26. The van der Waals surface area contributed by atoms with Crippen LogP contribution in [0.4, 0.5) is 0 Å². The zero-order valence-electron chi connectivity index (χ0n) is 13.7. The van der Waals surface area contributed by atoms with Gasteiger partial charge in [-0.05, 0) is 18.2 Å². The molecule has 0 spiro atoms. The molecule has 2 aromatic carbocycles.